The number of fused-ring (bicyclic) bond motifs is 2. The van der Waals surface area contributed by atoms with Gasteiger partial charge in [0.1, 0.15) is 11.5 Å². The van der Waals surface area contributed by atoms with Crippen molar-refractivity contribution in [3.63, 3.8) is 0 Å². The maximum Gasteiger partial charge on any atom is 0.164 e. The predicted octanol–water partition coefficient (Wildman–Crippen LogP) is 10.5. The topological polar surface area (TPSA) is 60.8 Å². The Bertz CT molecular complexity index is 2360. The van der Waals surface area contributed by atoms with E-state index in [-0.39, 0.29) is 0 Å². The number of hydrogen-bond acceptors (Lipinski definition) is 5. The van der Waals surface area contributed by atoms with Gasteiger partial charge in [0.25, 0.3) is 0 Å². The van der Waals surface area contributed by atoms with Crippen LogP contribution in [0.5, 0.6) is 11.5 Å². The zero-order valence-corrected chi connectivity index (χ0v) is 25.2. The molecule has 0 radical (unpaired) electrons. The molecule has 1 aliphatic rings. The summed E-state index contributed by atoms with van der Waals surface area (Å²) in [6, 6.07) is 51.7. The van der Waals surface area contributed by atoms with E-state index in [0.29, 0.717) is 17.5 Å². The first-order valence-electron chi connectivity index (χ1n) is 15.5. The van der Waals surface area contributed by atoms with Gasteiger partial charge in [-0.2, -0.15) is 0 Å². The van der Waals surface area contributed by atoms with Gasteiger partial charge in [-0.3, -0.25) is 4.98 Å². The molecule has 0 saturated carbocycles. The van der Waals surface area contributed by atoms with E-state index in [2.05, 4.69) is 83.8 Å². The Labute approximate surface area is 271 Å². The fraction of sp³-hybridized carbons (Fsp3) is 0. The van der Waals surface area contributed by atoms with E-state index in [0.717, 1.165) is 72.5 Å². The maximum absolute atomic E-state index is 6.40. The number of rotatable bonds is 5. The molecule has 5 nitrogen and oxygen atoms in total. The molecule has 0 bridgehead atoms. The van der Waals surface area contributed by atoms with Crippen LogP contribution in [0.4, 0.5) is 0 Å². The summed E-state index contributed by atoms with van der Waals surface area (Å²) < 4.78 is 6.40. The standard InChI is InChI=1S/C42H26N4O/c1-3-9-28(10-4-1)40-44-41(29-11-5-2-6-12-29)46-42(45-40)30-19-17-27(18-20-30)31-13-7-14-32(25-31)33-21-22-34-35-15-8-16-36-39(35)37(23-24-43-36)47-38(34)26-33/h1-26H. The number of pyridine rings is 1. The number of aromatic nitrogens is 4. The van der Waals surface area contributed by atoms with Crippen molar-refractivity contribution < 1.29 is 4.74 Å². The van der Waals surface area contributed by atoms with E-state index in [4.69, 9.17) is 19.7 Å². The number of nitrogens with zero attached hydrogens (tertiary/aromatic N) is 4. The second-order valence-corrected chi connectivity index (χ2v) is 11.5. The molecule has 9 rings (SSSR count). The normalized spacial score (nSPS) is 11.6. The zero-order chi connectivity index (χ0) is 31.2. The van der Waals surface area contributed by atoms with Gasteiger partial charge in [-0.15, -0.1) is 0 Å². The highest BCUT2D eigenvalue weighted by Gasteiger charge is 2.21. The minimum absolute atomic E-state index is 0.639. The first-order valence-corrected chi connectivity index (χ1v) is 15.5. The Kier molecular flexibility index (Phi) is 6.39. The molecule has 0 fully saturated rings. The molecule has 0 spiro atoms. The fourth-order valence-electron chi connectivity index (χ4n) is 6.24. The van der Waals surface area contributed by atoms with Crippen molar-refractivity contribution >= 4 is 10.9 Å². The van der Waals surface area contributed by atoms with Crippen LogP contribution in [0.3, 0.4) is 0 Å². The minimum atomic E-state index is 0.639. The Morgan fingerprint density at radius 1 is 0.362 bits per heavy atom. The Morgan fingerprint density at radius 3 is 1.57 bits per heavy atom. The van der Waals surface area contributed by atoms with Crippen molar-refractivity contribution in [3.8, 4) is 79.0 Å². The molecule has 5 heteroatoms. The molecule has 0 unspecified atom stereocenters. The lowest BCUT2D eigenvalue weighted by molar-refractivity contribution is 0.487. The summed E-state index contributed by atoms with van der Waals surface area (Å²) in [4.78, 5) is 19.1. The summed E-state index contributed by atoms with van der Waals surface area (Å²) in [6.07, 6.45) is 1.80. The average Bonchev–Trinajstić information content (AvgIpc) is 3.15. The van der Waals surface area contributed by atoms with E-state index in [9.17, 15) is 0 Å². The molecule has 6 aromatic carbocycles. The van der Waals surface area contributed by atoms with E-state index >= 15 is 0 Å². The number of benzene rings is 6. The van der Waals surface area contributed by atoms with E-state index in [1.807, 2.05) is 72.8 Å². The predicted molar refractivity (Wildman–Crippen MR) is 188 cm³/mol. The van der Waals surface area contributed by atoms with Crippen molar-refractivity contribution in [2.24, 2.45) is 0 Å². The molecule has 0 atom stereocenters. The Morgan fingerprint density at radius 2 is 0.894 bits per heavy atom. The lowest BCUT2D eigenvalue weighted by atomic mass is 9.93. The molecular formula is C42H26N4O. The molecule has 0 amide bonds. The zero-order valence-electron chi connectivity index (χ0n) is 25.2. The maximum atomic E-state index is 6.40. The number of hydrogen-bond donors (Lipinski definition) is 0. The van der Waals surface area contributed by atoms with Crippen LogP contribution in [0, 0.1) is 0 Å². The summed E-state index contributed by atoms with van der Waals surface area (Å²) in [5, 5.41) is 1.06. The quantitative estimate of drug-likeness (QED) is 0.196. The highest BCUT2D eigenvalue weighted by molar-refractivity contribution is 6.02. The van der Waals surface area contributed by atoms with E-state index in [1.54, 1.807) is 6.20 Å². The molecule has 3 heterocycles. The lowest BCUT2D eigenvalue weighted by Crippen LogP contribution is -2.00. The van der Waals surface area contributed by atoms with Gasteiger partial charge in [0.05, 0.1) is 10.9 Å². The molecule has 0 N–H and O–H groups in total. The van der Waals surface area contributed by atoms with Gasteiger partial charge in [-0.1, -0.05) is 121 Å². The van der Waals surface area contributed by atoms with Crippen molar-refractivity contribution in [1.29, 1.82) is 0 Å². The van der Waals surface area contributed by atoms with Crippen LogP contribution in [0.25, 0.3) is 78.4 Å². The monoisotopic (exact) mass is 602 g/mol. The van der Waals surface area contributed by atoms with Gasteiger partial charge in [0.2, 0.25) is 0 Å². The number of ether oxygens (including phenoxy) is 1. The molecule has 47 heavy (non-hydrogen) atoms. The molecule has 2 aromatic heterocycles. The molecule has 0 saturated heterocycles. The van der Waals surface area contributed by atoms with Crippen LogP contribution >= 0.6 is 0 Å². The van der Waals surface area contributed by atoms with Gasteiger partial charge >= 0.3 is 0 Å². The first kappa shape index (κ1) is 26.9. The second kappa shape index (κ2) is 11.2. The highest BCUT2D eigenvalue weighted by Crippen LogP contribution is 2.47. The van der Waals surface area contributed by atoms with Crippen LogP contribution in [0.1, 0.15) is 0 Å². The van der Waals surface area contributed by atoms with Crippen LogP contribution < -0.4 is 4.74 Å². The third-order valence-corrected chi connectivity index (χ3v) is 8.59. The average molecular weight is 603 g/mol. The molecule has 0 aliphatic carbocycles. The molecule has 8 aromatic rings. The van der Waals surface area contributed by atoms with Crippen LogP contribution in [0.2, 0.25) is 0 Å². The van der Waals surface area contributed by atoms with Crippen molar-refractivity contribution in [1.82, 2.24) is 19.9 Å². The molecular weight excluding hydrogens is 576 g/mol. The summed E-state index contributed by atoms with van der Waals surface area (Å²) in [5.41, 5.74) is 10.5. The smallest absolute Gasteiger partial charge is 0.164 e. The molecule has 1 aliphatic heterocycles. The van der Waals surface area contributed by atoms with Gasteiger partial charge in [0.15, 0.2) is 17.5 Å². The third-order valence-electron chi connectivity index (χ3n) is 8.59. The Hall–Kier alpha value is -6.46. The summed E-state index contributed by atoms with van der Waals surface area (Å²) in [7, 11) is 0. The largest absolute Gasteiger partial charge is 0.456 e. The Balaban J connectivity index is 1.05. The van der Waals surface area contributed by atoms with Gasteiger partial charge in [-0.05, 0) is 58.1 Å². The first-order chi connectivity index (χ1) is 23.3. The summed E-state index contributed by atoms with van der Waals surface area (Å²) in [6.45, 7) is 0. The van der Waals surface area contributed by atoms with Crippen molar-refractivity contribution in [2.75, 3.05) is 0 Å². The van der Waals surface area contributed by atoms with Gasteiger partial charge in [0, 0.05) is 28.5 Å². The minimum Gasteiger partial charge on any atom is -0.456 e. The highest BCUT2D eigenvalue weighted by atomic mass is 16.5. The van der Waals surface area contributed by atoms with E-state index in [1.165, 1.54) is 0 Å². The lowest BCUT2D eigenvalue weighted by Gasteiger charge is -2.21. The van der Waals surface area contributed by atoms with Gasteiger partial charge < -0.3 is 4.74 Å². The summed E-state index contributed by atoms with van der Waals surface area (Å²) >= 11 is 0. The second-order valence-electron chi connectivity index (χ2n) is 11.5. The van der Waals surface area contributed by atoms with Crippen LogP contribution in [-0.4, -0.2) is 19.9 Å². The third kappa shape index (κ3) is 4.91. The van der Waals surface area contributed by atoms with Crippen LogP contribution in [-0.2, 0) is 0 Å². The van der Waals surface area contributed by atoms with E-state index < -0.39 is 0 Å². The van der Waals surface area contributed by atoms with Crippen molar-refractivity contribution in [2.45, 2.75) is 0 Å². The summed E-state index contributed by atoms with van der Waals surface area (Å²) in [5.74, 6) is 3.63. The SMILES string of the molecule is c1ccc(-c2nc(-c3ccccc3)nc(-c3ccc(-c4cccc(-c5ccc6c(c5)Oc5ccnc7cccc-6c57)c4)cc3)n2)cc1. The van der Waals surface area contributed by atoms with Crippen molar-refractivity contribution in [3.05, 3.63) is 158 Å². The van der Waals surface area contributed by atoms with Crippen LogP contribution in [0.15, 0.2) is 158 Å². The fourth-order valence-corrected chi connectivity index (χ4v) is 6.24. The van der Waals surface area contributed by atoms with Gasteiger partial charge in [-0.25, -0.2) is 15.0 Å². The molecule has 220 valence electrons.